The Morgan fingerprint density at radius 3 is 2.04 bits per heavy atom. The lowest BCUT2D eigenvalue weighted by molar-refractivity contribution is -0.123. The van der Waals surface area contributed by atoms with Crippen LogP contribution in [-0.4, -0.2) is 38.0 Å². The summed E-state index contributed by atoms with van der Waals surface area (Å²) in [5, 5.41) is 2.81. The number of amides is 2. The van der Waals surface area contributed by atoms with Crippen molar-refractivity contribution < 1.29 is 14.0 Å². The lowest BCUT2D eigenvalue weighted by atomic mass is 10.1. The quantitative estimate of drug-likeness (QED) is 0.720. The predicted molar refractivity (Wildman–Crippen MR) is 111 cm³/mol. The molecule has 0 saturated heterocycles. The number of hydrogen-bond acceptors (Lipinski definition) is 3. The summed E-state index contributed by atoms with van der Waals surface area (Å²) in [4.78, 5) is 28.0. The van der Waals surface area contributed by atoms with Gasteiger partial charge in [0, 0.05) is 37.9 Å². The van der Waals surface area contributed by atoms with Gasteiger partial charge in [-0.3, -0.25) is 9.59 Å². The number of carbonyl (C=O) groups is 2. The van der Waals surface area contributed by atoms with Crippen LogP contribution >= 0.6 is 0 Å². The van der Waals surface area contributed by atoms with Crippen molar-refractivity contribution in [3.8, 4) is 0 Å². The van der Waals surface area contributed by atoms with Crippen molar-refractivity contribution in [1.29, 1.82) is 0 Å². The van der Waals surface area contributed by atoms with Crippen LogP contribution in [0.3, 0.4) is 0 Å². The normalized spacial score (nSPS) is 10.4. The SMILES string of the molecule is CCN(CC)c1ccc(N(CC(=O)NCCc2ccc(F)cc2)C(C)=O)cc1. The maximum Gasteiger partial charge on any atom is 0.240 e. The molecule has 0 unspecified atom stereocenters. The molecular formula is C22H28FN3O2. The molecule has 6 heteroatoms. The molecule has 5 nitrogen and oxygen atoms in total. The molecule has 0 aliphatic rings. The largest absolute Gasteiger partial charge is 0.372 e. The molecule has 1 N–H and O–H groups in total. The summed E-state index contributed by atoms with van der Waals surface area (Å²) >= 11 is 0. The zero-order valence-electron chi connectivity index (χ0n) is 16.7. The fourth-order valence-corrected chi connectivity index (χ4v) is 3.01. The zero-order chi connectivity index (χ0) is 20.5. The highest BCUT2D eigenvalue weighted by Crippen LogP contribution is 2.21. The van der Waals surface area contributed by atoms with Gasteiger partial charge in [0.05, 0.1) is 0 Å². The van der Waals surface area contributed by atoms with E-state index >= 15 is 0 Å². The average molecular weight is 385 g/mol. The standard InChI is InChI=1S/C22H28FN3O2/c1-4-25(5-2)20-10-12-21(13-11-20)26(17(3)27)16-22(28)24-15-14-18-6-8-19(23)9-7-18/h6-13H,4-5,14-16H2,1-3H3,(H,24,28). The summed E-state index contributed by atoms with van der Waals surface area (Å²) in [5.41, 5.74) is 2.72. The van der Waals surface area contributed by atoms with Crippen LogP contribution in [0.25, 0.3) is 0 Å². The summed E-state index contributed by atoms with van der Waals surface area (Å²) in [5.74, 6) is -0.702. The second kappa shape index (κ2) is 10.4. The first kappa shape index (κ1) is 21.4. The van der Waals surface area contributed by atoms with Crippen LogP contribution in [0.5, 0.6) is 0 Å². The van der Waals surface area contributed by atoms with Crippen LogP contribution in [0.2, 0.25) is 0 Å². The maximum atomic E-state index is 12.9. The molecule has 0 fully saturated rings. The van der Waals surface area contributed by atoms with Gasteiger partial charge in [-0.15, -0.1) is 0 Å². The second-order valence-electron chi connectivity index (χ2n) is 6.52. The highest BCUT2D eigenvalue weighted by atomic mass is 19.1. The Balaban J connectivity index is 1.93. The summed E-state index contributed by atoms with van der Waals surface area (Å²) in [6.07, 6.45) is 0.602. The minimum Gasteiger partial charge on any atom is -0.372 e. The van der Waals surface area contributed by atoms with E-state index < -0.39 is 0 Å². The highest BCUT2D eigenvalue weighted by molar-refractivity contribution is 5.97. The van der Waals surface area contributed by atoms with Crippen LogP contribution in [0, 0.1) is 5.82 Å². The van der Waals surface area contributed by atoms with Gasteiger partial charge in [0.15, 0.2) is 0 Å². The van der Waals surface area contributed by atoms with Crippen molar-refractivity contribution >= 4 is 23.2 Å². The minimum atomic E-state index is -0.281. The number of rotatable bonds is 9. The molecule has 0 aliphatic heterocycles. The number of nitrogens with one attached hydrogen (secondary N) is 1. The van der Waals surface area contributed by atoms with Gasteiger partial charge >= 0.3 is 0 Å². The second-order valence-corrected chi connectivity index (χ2v) is 6.52. The topological polar surface area (TPSA) is 52.6 Å². The molecule has 0 atom stereocenters. The first-order valence-electron chi connectivity index (χ1n) is 9.58. The van der Waals surface area contributed by atoms with Gasteiger partial charge in [-0.1, -0.05) is 12.1 Å². The molecule has 2 rings (SSSR count). The molecule has 0 radical (unpaired) electrons. The Hall–Kier alpha value is -2.89. The Bertz CT molecular complexity index is 771. The molecule has 150 valence electrons. The number of nitrogens with zero attached hydrogens (tertiary/aromatic N) is 2. The fraction of sp³-hybridized carbons (Fsp3) is 0.364. The average Bonchev–Trinajstić information content (AvgIpc) is 2.69. The van der Waals surface area contributed by atoms with Gasteiger partial charge in [0.2, 0.25) is 11.8 Å². The molecule has 28 heavy (non-hydrogen) atoms. The summed E-state index contributed by atoms with van der Waals surface area (Å²) in [7, 11) is 0. The van der Waals surface area contributed by atoms with Gasteiger partial charge in [0.25, 0.3) is 0 Å². The third-order valence-electron chi connectivity index (χ3n) is 4.62. The minimum absolute atomic E-state index is 0.0383. The van der Waals surface area contributed by atoms with Crippen LogP contribution in [0.4, 0.5) is 15.8 Å². The Morgan fingerprint density at radius 2 is 1.50 bits per heavy atom. The van der Waals surface area contributed by atoms with Gasteiger partial charge in [-0.05, 0) is 62.2 Å². The molecule has 0 heterocycles. The summed E-state index contributed by atoms with van der Waals surface area (Å²) < 4.78 is 12.9. The number of anilines is 2. The van der Waals surface area contributed by atoms with Gasteiger partial charge in [-0.2, -0.15) is 0 Å². The lowest BCUT2D eigenvalue weighted by Gasteiger charge is -2.24. The Kier molecular flexibility index (Phi) is 7.99. The predicted octanol–water partition coefficient (Wildman–Crippen LogP) is 3.38. The van der Waals surface area contributed by atoms with Crippen LogP contribution in [0.1, 0.15) is 26.3 Å². The van der Waals surface area contributed by atoms with Crippen molar-refractivity contribution in [3.63, 3.8) is 0 Å². The molecule has 0 spiro atoms. The van der Waals surface area contributed by atoms with Crippen LogP contribution < -0.4 is 15.1 Å². The first-order valence-corrected chi connectivity index (χ1v) is 9.58. The monoisotopic (exact) mass is 385 g/mol. The molecule has 0 bridgehead atoms. The molecule has 0 aromatic heterocycles. The summed E-state index contributed by atoms with van der Waals surface area (Å²) in [6, 6.07) is 13.8. The summed E-state index contributed by atoms with van der Waals surface area (Å²) in [6.45, 7) is 7.83. The van der Waals surface area contributed by atoms with Crippen molar-refractivity contribution in [3.05, 3.63) is 59.9 Å². The van der Waals surface area contributed by atoms with Crippen molar-refractivity contribution in [2.75, 3.05) is 36.0 Å². The Morgan fingerprint density at radius 1 is 0.929 bits per heavy atom. The number of benzene rings is 2. The van der Waals surface area contributed by atoms with Crippen LogP contribution in [-0.2, 0) is 16.0 Å². The van der Waals surface area contributed by atoms with E-state index in [9.17, 15) is 14.0 Å². The van der Waals surface area contributed by atoms with Gasteiger partial charge < -0.3 is 15.1 Å². The van der Waals surface area contributed by atoms with E-state index in [0.29, 0.717) is 18.7 Å². The van der Waals surface area contributed by atoms with E-state index in [1.165, 1.54) is 24.0 Å². The first-order chi connectivity index (χ1) is 13.4. The van der Waals surface area contributed by atoms with E-state index in [4.69, 9.17) is 0 Å². The fourth-order valence-electron chi connectivity index (χ4n) is 3.01. The molecule has 2 aromatic carbocycles. The number of carbonyl (C=O) groups excluding carboxylic acids is 2. The molecule has 0 saturated carbocycles. The number of hydrogen-bond donors (Lipinski definition) is 1. The van der Waals surface area contributed by atoms with Crippen molar-refractivity contribution in [2.24, 2.45) is 0 Å². The molecule has 0 aliphatic carbocycles. The Labute approximate surface area is 166 Å². The number of halogens is 1. The van der Waals surface area contributed by atoms with Gasteiger partial charge in [0.1, 0.15) is 12.4 Å². The zero-order valence-corrected chi connectivity index (χ0v) is 16.7. The van der Waals surface area contributed by atoms with E-state index in [2.05, 4.69) is 24.1 Å². The molecule has 2 aromatic rings. The van der Waals surface area contributed by atoms with E-state index in [1.807, 2.05) is 24.3 Å². The highest BCUT2D eigenvalue weighted by Gasteiger charge is 2.16. The van der Waals surface area contributed by atoms with Crippen LogP contribution in [0.15, 0.2) is 48.5 Å². The maximum absolute atomic E-state index is 12.9. The van der Waals surface area contributed by atoms with E-state index in [0.717, 1.165) is 24.3 Å². The third-order valence-corrected chi connectivity index (χ3v) is 4.62. The smallest absolute Gasteiger partial charge is 0.240 e. The van der Waals surface area contributed by atoms with E-state index in [1.54, 1.807) is 12.1 Å². The molecule has 2 amide bonds. The lowest BCUT2D eigenvalue weighted by Crippen LogP contribution is -2.40. The van der Waals surface area contributed by atoms with Gasteiger partial charge in [-0.25, -0.2) is 4.39 Å². The van der Waals surface area contributed by atoms with E-state index in [-0.39, 0.29) is 24.2 Å². The molecular weight excluding hydrogens is 357 g/mol. The van der Waals surface area contributed by atoms with Crippen molar-refractivity contribution in [2.45, 2.75) is 27.2 Å². The third kappa shape index (κ3) is 6.08. The van der Waals surface area contributed by atoms with Crippen molar-refractivity contribution in [1.82, 2.24) is 5.32 Å².